The molecule has 0 fully saturated rings. The highest BCUT2D eigenvalue weighted by Gasteiger charge is 2.22. The van der Waals surface area contributed by atoms with Gasteiger partial charge in [-0.2, -0.15) is 0 Å². The van der Waals surface area contributed by atoms with Gasteiger partial charge in [-0.1, -0.05) is 12.1 Å². The van der Waals surface area contributed by atoms with Crippen molar-refractivity contribution in [2.75, 3.05) is 23.3 Å². The SMILES string of the molecule is O=C(c1c[nH]c(=O)[nH]1)N1CCCNc2ccccc21. The molecule has 2 heterocycles. The first kappa shape index (κ1) is 11.6. The van der Waals surface area contributed by atoms with Crippen LogP contribution in [0.15, 0.2) is 35.3 Å². The molecule has 0 unspecified atom stereocenters. The molecular formula is C13H14N4O2. The summed E-state index contributed by atoms with van der Waals surface area (Å²) in [6.07, 6.45) is 2.26. The van der Waals surface area contributed by atoms with Crippen molar-refractivity contribution in [3.63, 3.8) is 0 Å². The fraction of sp³-hybridized carbons (Fsp3) is 0.231. The average Bonchev–Trinajstić information content (AvgIpc) is 2.74. The smallest absolute Gasteiger partial charge is 0.323 e. The third-order valence-corrected chi connectivity index (χ3v) is 3.14. The molecule has 3 rings (SSSR count). The third-order valence-electron chi connectivity index (χ3n) is 3.14. The van der Waals surface area contributed by atoms with E-state index in [2.05, 4.69) is 15.3 Å². The van der Waals surface area contributed by atoms with Gasteiger partial charge >= 0.3 is 5.69 Å². The fourth-order valence-electron chi connectivity index (χ4n) is 2.24. The Labute approximate surface area is 109 Å². The van der Waals surface area contributed by atoms with Gasteiger partial charge in [0.25, 0.3) is 5.91 Å². The van der Waals surface area contributed by atoms with Crippen molar-refractivity contribution in [2.24, 2.45) is 0 Å². The van der Waals surface area contributed by atoms with Crippen molar-refractivity contribution in [1.82, 2.24) is 9.97 Å². The normalized spacial score (nSPS) is 14.4. The Hall–Kier alpha value is -2.50. The Kier molecular flexibility index (Phi) is 2.83. The lowest BCUT2D eigenvalue weighted by Gasteiger charge is -2.21. The second-order valence-corrected chi connectivity index (χ2v) is 4.41. The van der Waals surface area contributed by atoms with E-state index in [-0.39, 0.29) is 17.3 Å². The summed E-state index contributed by atoms with van der Waals surface area (Å²) in [5, 5.41) is 3.29. The van der Waals surface area contributed by atoms with E-state index >= 15 is 0 Å². The van der Waals surface area contributed by atoms with Gasteiger partial charge in [0, 0.05) is 19.3 Å². The van der Waals surface area contributed by atoms with E-state index < -0.39 is 0 Å². The zero-order valence-corrected chi connectivity index (χ0v) is 10.3. The molecule has 1 aromatic carbocycles. The Bertz CT molecular complexity index is 658. The van der Waals surface area contributed by atoms with E-state index in [9.17, 15) is 9.59 Å². The molecule has 0 saturated heterocycles. The van der Waals surface area contributed by atoms with Crippen LogP contribution in [0.1, 0.15) is 16.9 Å². The Morgan fingerprint density at radius 2 is 2.11 bits per heavy atom. The van der Waals surface area contributed by atoms with Crippen molar-refractivity contribution < 1.29 is 4.79 Å². The topological polar surface area (TPSA) is 81.0 Å². The lowest BCUT2D eigenvalue weighted by Crippen LogP contribution is -2.32. The zero-order valence-electron chi connectivity index (χ0n) is 10.3. The molecule has 0 saturated carbocycles. The maximum Gasteiger partial charge on any atom is 0.323 e. The predicted octanol–water partition coefficient (Wildman–Crippen LogP) is 1.17. The third kappa shape index (κ3) is 2.12. The summed E-state index contributed by atoms with van der Waals surface area (Å²) in [4.78, 5) is 30.2. The largest absolute Gasteiger partial charge is 0.383 e. The lowest BCUT2D eigenvalue weighted by molar-refractivity contribution is 0.0983. The standard InChI is InChI=1S/C13H14N4O2/c18-12(10-8-15-13(19)16-10)17-7-3-6-14-9-4-1-2-5-11(9)17/h1-2,4-5,8,14H,3,6-7H2,(H2,15,16,19). The molecule has 6 heteroatoms. The van der Waals surface area contributed by atoms with Crippen LogP contribution in [0.25, 0.3) is 0 Å². The summed E-state index contributed by atoms with van der Waals surface area (Å²) in [7, 11) is 0. The van der Waals surface area contributed by atoms with Crippen LogP contribution in [0.5, 0.6) is 0 Å². The molecule has 0 atom stereocenters. The molecule has 1 aliphatic rings. The molecule has 0 spiro atoms. The minimum absolute atomic E-state index is 0.200. The number of anilines is 2. The molecule has 2 aromatic rings. The number of aromatic amines is 2. The highest BCUT2D eigenvalue weighted by molar-refractivity contribution is 6.06. The van der Waals surface area contributed by atoms with E-state index in [4.69, 9.17) is 0 Å². The number of imidazole rings is 1. The summed E-state index contributed by atoms with van der Waals surface area (Å²) in [5.41, 5.74) is 1.68. The van der Waals surface area contributed by atoms with Gasteiger partial charge in [0.2, 0.25) is 0 Å². The van der Waals surface area contributed by atoms with Crippen LogP contribution in [0.4, 0.5) is 11.4 Å². The van der Waals surface area contributed by atoms with E-state index in [1.54, 1.807) is 4.90 Å². The Morgan fingerprint density at radius 3 is 2.89 bits per heavy atom. The van der Waals surface area contributed by atoms with E-state index in [1.165, 1.54) is 6.20 Å². The highest BCUT2D eigenvalue weighted by atomic mass is 16.2. The summed E-state index contributed by atoms with van der Waals surface area (Å²) < 4.78 is 0. The summed E-state index contributed by atoms with van der Waals surface area (Å²) >= 11 is 0. The quantitative estimate of drug-likeness (QED) is 0.718. The summed E-state index contributed by atoms with van der Waals surface area (Å²) in [6.45, 7) is 1.44. The van der Waals surface area contributed by atoms with Gasteiger partial charge in [0.1, 0.15) is 5.69 Å². The predicted molar refractivity (Wildman–Crippen MR) is 72.6 cm³/mol. The minimum atomic E-state index is -0.371. The molecule has 1 amide bonds. The van der Waals surface area contributed by atoms with Crippen LogP contribution in [0.3, 0.4) is 0 Å². The van der Waals surface area contributed by atoms with E-state index in [0.29, 0.717) is 6.54 Å². The van der Waals surface area contributed by atoms with Gasteiger partial charge in [0.15, 0.2) is 0 Å². The van der Waals surface area contributed by atoms with Gasteiger partial charge in [-0.3, -0.25) is 4.79 Å². The molecule has 0 bridgehead atoms. The highest BCUT2D eigenvalue weighted by Crippen LogP contribution is 2.28. The Morgan fingerprint density at radius 1 is 1.26 bits per heavy atom. The molecule has 3 N–H and O–H groups in total. The lowest BCUT2D eigenvalue weighted by atomic mass is 10.2. The number of nitrogens with one attached hydrogen (secondary N) is 3. The molecular weight excluding hydrogens is 244 g/mol. The van der Waals surface area contributed by atoms with E-state index in [1.807, 2.05) is 24.3 Å². The maximum atomic E-state index is 12.4. The molecule has 19 heavy (non-hydrogen) atoms. The average molecular weight is 258 g/mol. The van der Waals surface area contributed by atoms with Crippen LogP contribution in [-0.2, 0) is 0 Å². The van der Waals surface area contributed by atoms with Crippen molar-refractivity contribution in [3.05, 3.63) is 46.6 Å². The summed E-state index contributed by atoms with van der Waals surface area (Å²) in [5.74, 6) is -0.200. The van der Waals surface area contributed by atoms with Crippen LogP contribution < -0.4 is 15.9 Å². The van der Waals surface area contributed by atoms with Gasteiger partial charge in [-0.15, -0.1) is 0 Å². The number of aromatic nitrogens is 2. The first-order valence-electron chi connectivity index (χ1n) is 6.18. The van der Waals surface area contributed by atoms with Crippen LogP contribution in [-0.4, -0.2) is 29.0 Å². The number of carbonyl (C=O) groups is 1. The monoisotopic (exact) mass is 258 g/mol. The number of para-hydroxylation sites is 2. The van der Waals surface area contributed by atoms with Gasteiger partial charge in [0.05, 0.1) is 11.4 Å². The fourth-order valence-corrected chi connectivity index (χ4v) is 2.24. The number of nitrogens with zero attached hydrogens (tertiary/aromatic N) is 1. The van der Waals surface area contributed by atoms with Crippen molar-refractivity contribution in [3.8, 4) is 0 Å². The number of carbonyl (C=O) groups excluding carboxylic acids is 1. The van der Waals surface area contributed by atoms with Crippen LogP contribution in [0, 0.1) is 0 Å². The number of H-pyrrole nitrogens is 2. The molecule has 1 aromatic heterocycles. The zero-order chi connectivity index (χ0) is 13.2. The number of hydrogen-bond acceptors (Lipinski definition) is 3. The van der Waals surface area contributed by atoms with Gasteiger partial charge < -0.3 is 20.2 Å². The number of amides is 1. The molecule has 1 aliphatic heterocycles. The van der Waals surface area contributed by atoms with Crippen LogP contribution >= 0.6 is 0 Å². The van der Waals surface area contributed by atoms with Crippen molar-refractivity contribution in [2.45, 2.75) is 6.42 Å². The number of rotatable bonds is 1. The summed E-state index contributed by atoms with van der Waals surface area (Å²) in [6, 6.07) is 7.67. The first-order chi connectivity index (χ1) is 9.25. The van der Waals surface area contributed by atoms with Crippen molar-refractivity contribution in [1.29, 1.82) is 0 Å². The first-order valence-corrected chi connectivity index (χ1v) is 6.18. The molecule has 98 valence electrons. The number of hydrogen-bond donors (Lipinski definition) is 3. The molecule has 0 radical (unpaired) electrons. The number of fused-ring (bicyclic) bond motifs is 1. The maximum absolute atomic E-state index is 12.4. The second kappa shape index (κ2) is 4.64. The Balaban J connectivity index is 2.00. The van der Waals surface area contributed by atoms with Gasteiger partial charge in [-0.25, -0.2) is 4.79 Å². The molecule has 6 nitrogen and oxygen atoms in total. The number of benzene rings is 1. The second-order valence-electron chi connectivity index (χ2n) is 4.41. The minimum Gasteiger partial charge on any atom is -0.383 e. The molecule has 0 aliphatic carbocycles. The van der Waals surface area contributed by atoms with Crippen LogP contribution in [0.2, 0.25) is 0 Å². The van der Waals surface area contributed by atoms with Gasteiger partial charge in [-0.05, 0) is 18.6 Å². The van der Waals surface area contributed by atoms with E-state index in [0.717, 1.165) is 24.3 Å². The van der Waals surface area contributed by atoms with Crippen molar-refractivity contribution >= 4 is 17.3 Å².